The molecule has 0 bridgehead atoms. The minimum Gasteiger partial charge on any atom is -0.393 e. The average Bonchev–Trinajstić information content (AvgIpc) is 2.96. The van der Waals surface area contributed by atoms with Gasteiger partial charge in [-0.15, -0.1) is 0 Å². The van der Waals surface area contributed by atoms with Crippen LogP contribution in [0.15, 0.2) is 0 Å². The number of fused-ring (bicyclic) bond motifs is 5. The first-order chi connectivity index (χ1) is 14.2. The zero-order valence-electron chi connectivity index (χ0n) is 18.8. The highest BCUT2D eigenvalue weighted by atomic mass is 16.6. The lowest BCUT2D eigenvalue weighted by Crippen LogP contribution is -2.62. The predicted octanol–water partition coefficient (Wildman–Crippen LogP) is 2.13. The van der Waals surface area contributed by atoms with Gasteiger partial charge in [-0.1, -0.05) is 13.8 Å². The molecule has 0 radical (unpaired) electrons. The zero-order chi connectivity index (χ0) is 21.6. The first-order valence-corrected chi connectivity index (χ1v) is 12.0. The van der Waals surface area contributed by atoms with Crippen LogP contribution in [0.5, 0.6) is 0 Å². The number of rotatable bonds is 6. The van der Waals surface area contributed by atoms with E-state index in [4.69, 9.17) is 16.0 Å². The predicted molar refractivity (Wildman–Crippen MR) is 117 cm³/mol. The van der Waals surface area contributed by atoms with Crippen LogP contribution in [-0.2, 0) is 4.84 Å². The maximum Gasteiger partial charge on any atom is 0.185 e. The summed E-state index contributed by atoms with van der Waals surface area (Å²) in [6.07, 6.45) is 9.35. The van der Waals surface area contributed by atoms with E-state index in [1.807, 2.05) is 0 Å². The molecule has 8 atom stereocenters. The largest absolute Gasteiger partial charge is 0.393 e. The van der Waals surface area contributed by atoms with E-state index in [0.717, 1.165) is 57.9 Å². The monoisotopic (exact) mass is 422 g/mol. The van der Waals surface area contributed by atoms with Gasteiger partial charge in [0.1, 0.15) is 0 Å². The molecule has 7 N–H and O–H groups in total. The van der Waals surface area contributed by atoms with Gasteiger partial charge in [0.25, 0.3) is 0 Å². The topological polar surface area (TPSA) is 124 Å². The number of hydrogen-bond donors (Lipinski definition) is 6. The summed E-state index contributed by atoms with van der Waals surface area (Å²) in [6.45, 7) is 6.49. The highest BCUT2D eigenvalue weighted by Gasteiger charge is 2.66. The van der Waals surface area contributed by atoms with Crippen molar-refractivity contribution in [3.05, 3.63) is 0 Å². The molecule has 0 aromatic rings. The fourth-order valence-electron chi connectivity index (χ4n) is 8.11. The number of nitrogens with one attached hydrogen (secondary N) is 3. The van der Waals surface area contributed by atoms with Crippen LogP contribution in [0.3, 0.4) is 0 Å². The molecule has 4 saturated carbocycles. The van der Waals surface area contributed by atoms with Gasteiger partial charge in [0.2, 0.25) is 0 Å². The minimum absolute atomic E-state index is 0.0420. The molecule has 0 aliphatic heterocycles. The SMILES string of the molecule is C[C@]12CC[C@H](O)C[C@H]1CC[C@@H]1[C@@H]2CC[C@]2(C)[C@@H](CNOCCNC(=N)N)CC[C@]12O. The Morgan fingerprint density at radius 3 is 2.67 bits per heavy atom. The summed E-state index contributed by atoms with van der Waals surface area (Å²) in [4.78, 5) is 5.54. The van der Waals surface area contributed by atoms with Gasteiger partial charge in [0.05, 0.1) is 18.3 Å². The van der Waals surface area contributed by atoms with Gasteiger partial charge >= 0.3 is 0 Å². The van der Waals surface area contributed by atoms with Gasteiger partial charge in [-0.2, -0.15) is 0 Å². The van der Waals surface area contributed by atoms with Gasteiger partial charge < -0.3 is 21.3 Å². The molecule has 7 nitrogen and oxygen atoms in total. The van der Waals surface area contributed by atoms with Crippen molar-refractivity contribution in [3.63, 3.8) is 0 Å². The Morgan fingerprint density at radius 2 is 1.90 bits per heavy atom. The molecule has 4 fully saturated rings. The van der Waals surface area contributed by atoms with Crippen molar-refractivity contribution < 1.29 is 15.1 Å². The van der Waals surface area contributed by atoms with Crippen molar-refractivity contribution in [2.24, 2.45) is 40.2 Å². The Labute approximate surface area is 181 Å². The van der Waals surface area contributed by atoms with Crippen LogP contribution in [0, 0.1) is 39.9 Å². The fourth-order valence-corrected chi connectivity index (χ4v) is 8.11. The van der Waals surface area contributed by atoms with E-state index in [0.29, 0.717) is 36.8 Å². The minimum atomic E-state index is -0.581. The van der Waals surface area contributed by atoms with Gasteiger partial charge in [-0.3, -0.25) is 10.2 Å². The maximum absolute atomic E-state index is 12.1. The molecule has 4 aliphatic rings. The second kappa shape index (κ2) is 8.23. The normalized spacial score (nSPS) is 47.8. The fraction of sp³-hybridized carbons (Fsp3) is 0.957. The van der Waals surface area contributed by atoms with Crippen molar-refractivity contribution in [1.29, 1.82) is 5.41 Å². The third kappa shape index (κ3) is 3.55. The van der Waals surface area contributed by atoms with Crippen LogP contribution in [0.2, 0.25) is 0 Å². The van der Waals surface area contributed by atoms with Gasteiger partial charge in [-0.25, -0.2) is 5.48 Å². The van der Waals surface area contributed by atoms with E-state index in [1.54, 1.807) is 0 Å². The number of nitrogens with two attached hydrogens (primary N) is 1. The van der Waals surface area contributed by atoms with E-state index < -0.39 is 5.60 Å². The number of hydrogen-bond acceptors (Lipinski definition) is 5. The molecule has 0 aromatic heterocycles. The summed E-state index contributed by atoms with van der Waals surface area (Å²) in [7, 11) is 0. The molecule has 0 saturated heterocycles. The lowest BCUT2D eigenvalue weighted by atomic mass is 9.43. The summed E-state index contributed by atoms with van der Waals surface area (Å²) in [5, 5.41) is 32.2. The van der Waals surface area contributed by atoms with E-state index in [1.165, 1.54) is 6.42 Å². The molecule has 4 aliphatic carbocycles. The maximum atomic E-state index is 12.1. The summed E-state index contributed by atoms with van der Waals surface area (Å²) in [5.41, 5.74) is 8.02. The second-order valence-electron chi connectivity index (χ2n) is 11.1. The Balaban J connectivity index is 1.40. The van der Waals surface area contributed by atoms with Crippen molar-refractivity contribution in [2.75, 3.05) is 19.7 Å². The zero-order valence-corrected chi connectivity index (χ0v) is 18.8. The van der Waals surface area contributed by atoms with E-state index in [-0.39, 0.29) is 22.9 Å². The van der Waals surface area contributed by atoms with Crippen molar-refractivity contribution >= 4 is 5.96 Å². The standard InChI is InChI=1S/C23H42N4O3/c1-21-8-6-17(28)13-15(21)3-4-19-18(21)7-9-22(2)16(5-10-23(19,22)29)14-27-30-12-11-26-20(24)25/h15-19,27-29H,3-14H2,1-2H3,(H4,24,25,26)/t15-,16-,17+,18+,19-,21+,22-,23+/m1/s1. The molecule has 0 heterocycles. The number of guanidine groups is 1. The van der Waals surface area contributed by atoms with E-state index in [2.05, 4.69) is 24.6 Å². The highest BCUT2D eigenvalue weighted by molar-refractivity contribution is 5.74. The van der Waals surface area contributed by atoms with Gasteiger partial charge in [0.15, 0.2) is 5.96 Å². The molecule has 0 unspecified atom stereocenters. The average molecular weight is 423 g/mol. The molecule has 0 spiro atoms. The number of hydroxylamine groups is 1. The second-order valence-corrected chi connectivity index (χ2v) is 11.1. The van der Waals surface area contributed by atoms with Crippen LogP contribution in [-0.4, -0.2) is 47.6 Å². The molecule has 0 amide bonds. The lowest BCUT2D eigenvalue weighted by molar-refractivity contribution is -0.211. The Bertz CT molecular complexity index is 648. The van der Waals surface area contributed by atoms with Crippen LogP contribution in [0.1, 0.15) is 71.6 Å². The van der Waals surface area contributed by atoms with Crippen molar-refractivity contribution in [1.82, 2.24) is 10.8 Å². The third-order valence-electron chi connectivity index (χ3n) is 9.97. The van der Waals surface area contributed by atoms with Gasteiger partial charge in [0, 0.05) is 18.5 Å². The highest BCUT2D eigenvalue weighted by Crippen LogP contribution is 2.68. The molecule has 0 aromatic carbocycles. The Kier molecular flexibility index (Phi) is 6.12. The molecule has 172 valence electrons. The van der Waals surface area contributed by atoms with Crippen LogP contribution in [0.4, 0.5) is 0 Å². The van der Waals surface area contributed by atoms with Crippen LogP contribution < -0.4 is 16.5 Å². The van der Waals surface area contributed by atoms with Crippen LogP contribution >= 0.6 is 0 Å². The molecule has 30 heavy (non-hydrogen) atoms. The number of aliphatic hydroxyl groups is 2. The molecule has 7 heteroatoms. The van der Waals surface area contributed by atoms with Gasteiger partial charge in [-0.05, 0) is 86.9 Å². The van der Waals surface area contributed by atoms with Crippen molar-refractivity contribution in [3.8, 4) is 0 Å². The quantitative estimate of drug-likeness (QED) is 0.169. The summed E-state index contributed by atoms with van der Waals surface area (Å²) in [5.74, 6) is 1.95. The summed E-state index contributed by atoms with van der Waals surface area (Å²) >= 11 is 0. The van der Waals surface area contributed by atoms with Crippen LogP contribution in [0.25, 0.3) is 0 Å². The molecular formula is C23H42N4O3. The Hall–Kier alpha value is -0.890. The first-order valence-electron chi connectivity index (χ1n) is 12.0. The summed E-state index contributed by atoms with van der Waals surface area (Å²) in [6, 6.07) is 0. The van der Waals surface area contributed by atoms with Crippen molar-refractivity contribution in [2.45, 2.75) is 83.3 Å². The Morgan fingerprint density at radius 1 is 1.10 bits per heavy atom. The molecular weight excluding hydrogens is 380 g/mol. The first kappa shape index (κ1) is 22.3. The lowest BCUT2D eigenvalue weighted by Gasteiger charge is -2.63. The molecule has 4 rings (SSSR count). The summed E-state index contributed by atoms with van der Waals surface area (Å²) < 4.78 is 0. The number of aliphatic hydroxyl groups excluding tert-OH is 1. The third-order valence-corrected chi connectivity index (χ3v) is 9.97. The van der Waals surface area contributed by atoms with E-state index in [9.17, 15) is 10.2 Å². The van der Waals surface area contributed by atoms with E-state index >= 15 is 0 Å². The smallest absolute Gasteiger partial charge is 0.185 e.